The molecule has 0 N–H and O–H groups in total. The molecule has 0 bridgehead atoms. The zero-order valence-electron chi connectivity index (χ0n) is 14.0. The lowest BCUT2D eigenvalue weighted by Crippen LogP contribution is -2.16. The first-order valence-electron chi connectivity index (χ1n) is 8.49. The highest BCUT2D eigenvalue weighted by Gasteiger charge is 2.18. The maximum absolute atomic E-state index is 12.2. The van der Waals surface area contributed by atoms with Crippen molar-refractivity contribution >= 4 is 16.9 Å². The zero-order valence-corrected chi connectivity index (χ0v) is 14.0. The first-order valence-corrected chi connectivity index (χ1v) is 8.49. The number of fused-ring (bicyclic) bond motifs is 3. The van der Waals surface area contributed by atoms with E-state index in [0.717, 1.165) is 47.8 Å². The topological polar surface area (TPSA) is 56.5 Å². The maximum Gasteiger partial charge on any atom is 0.343 e. The lowest BCUT2D eigenvalue weighted by atomic mass is 9.91. The Morgan fingerprint density at radius 2 is 1.72 bits per heavy atom. The molecule has 4 rings (SSSR count). The van der Waals surface area contributed by atoms with Crippen LogP contribution in [0, 0.1) is 6.92 Å². The minimum Gasteiger partial charge on any atom is -0.423 e. The van der Waals surface area contributed by atoms with E-state index in [0.29, 0.717) is 16.9 Å². The second kappa shape index (κ2) is 6.20. The van der Waals surface area contributed by atoms with Crippen molar-refractivity contribution < 1.29 is 13.9 Å². The molecule has 3 aromatic rings. The average molecular weight is 334 g/mol. The Morgan fingerprint density at radius 1 is 1.00 bits per heavy atom. The molecule has 1 heterocycles. The molecular formula is C21H18O4. The van der Waals surface area contributed by atoms with Crippen molar-refractivity contribution in [2.24, 2.45) is 0 Å². The highest BCUT2D eigenvalue weighted by molar-refractivity contribution is 5.92. The lowest BCUT2D eigenvalue weighted by Gasteiger charge is -2.16. The Morgan fingerprint density at radius 3 is 2.48 bits per heavy atom. The van der Waals surface area contributed by atoms with E-state index >= 15 is 0 Å². The first-order chi connectivity index (χ1) is 12.1. The van der Waals surface area contributed by atoms with Crippen LogP contribution in [-0.2, 0) is 12.8 Å². The fourth-order valence-electron chi connectivity index (χ4n) is 3.34. The van der Waals surface area contributed by atoms with Crippen LogP contribution in [0.2, 0.25) is 0 Å². The van der Waals surface area contributed by atoms with Crippen LogP contribution < -0.4 is 10.4 Å². The van der Waals surface area contributed by atoms with E-state index in [9.17, 15) is 9.59 Å². The molecule has 0 aliphatic heterocycles. The van der Waals surface area contributed by atoms with Crippen LogP contribution in [0.1, 0.15) is 39.9 Å². The normalized spacial score (nSPS) is 13.5. The van der Waals surface area contributed by atoms with E-state index in [1.807, 2.05) is 25.1 Å². The Balaban J connectivity index is 1.68. The van der Waals surface area contributed by atoms with Gasteiger partial charge in [-0.05, 0) is 62.4 Å². The maximum atomic E-state index is 12.2. The lowest BCUT2D eigenvalue weighted by molar-refractivity contribution is 0.0735. The number of hydrogen-bond acceptors (Lipinski definition) is 4. The fraction of sp³-hybridized carbons (Fsp3) is 0.238. The minimum absolute atomic E-state index is 0.274. The molecule has 0 atom stereocenters. The molecule has 4 heteroatoms. The summed E-state index contributed by atoms with van der Waals surface area (Å²) in [6.07, 6.45) is 3.77. The third kappa shape index (κ3) is 2.95. The van der Waals surface area contributed by atoms with Gasteiger partial charge in [-0.25, -0.2) is 9.59 Å². The van der Waals surface area contributed by atoms with E-state index < -0.39 is 5.97 Å². The molecule has 0 spiro atoms. The number of aryl methyl sites for hydroxylation is 2. The fourth-order valence-corrected chi connectivity index (χ4v) is 3.34. The van der Waals surface area contributed by atoms with Crippen LogP contribution >= 0.6 is 0 Å². The largest absolute Gasteiger partial charge is 0.423 e. The summed E-state index contributed by atoms with van der Waals surface area (Å²) in [6.45, 7) is 1.96. The molecule has 0 fully saturated rings. The summed E-state index contributed by atoms with van der Waals surface area (Å²) in [4.78, 5) is 24.4. The SMILES string of the molecule is Cc1ccc(C(=O)Oc2ccc3c4c(c(=O)oc3c2)CCCC4)cc1. The minimum atomic E-state index is -0.431. The number of ether oxygens (including phenoxy) is 1. The monoisotopic (exact) mass is 334 g/mol. The first kappa shape index (κ1) is 15.6. The van der Waals surface area contributed by atoms with Gasteiger partial charge in [-0.2, -0.15) is 0 Å². The van der Waals surface area contributed by atoms with Crippen LogP contribution in [-0.4, -0.2) is 5.97 Å². The Kier molecular flexibility index (Phi) is 3.88. The average Bonchev–Trinajstić information content (AvgIpc) is 2.62. The van der Waals surface area contributed by atoms with Gasteiger partial charge in [0, 0.05) is 17.0 Å². The van der Waals surface area contributed by atoms with Gasteiger partial charge in [0.2, 0.25) is 0 Å². The summed E-state index contributed by atoms with van der Waals surface area (Å²) in [6, 6.07) is 12.4. The molecule has 25 heavy (non-hydrogen) atoms. The molecule has 4 nitrogen and oxygen atoms in total. The molecule has 0 unspecified atom stereocenters. The number of carbonyl (C=O) groups is 1. The summed E-state index contributed by atoms with van der Waals surface area (Å²) >= 11 is 0. The zero-order chi connectivity index (χ0) is 17.4. The van der Waals surface area contributed by atoms with E-state index in [4.69, 9.17) is 9.15 Å². The van der Waals surface area contributed by atoms with Gasteiger partial charge < -0.3 is 9.15 Å². The predicted octanol–water partition coefficient (Wildman–Crippen LogP) is 4.20. The number of hydrogen-bond donors (Lipinski definition) is 0. The Labute approximate surface area is 145 Å². The molecule has 0 amide bonds. The number of carbonyl (C=O) groups excluding carboxylic acids is 1. The summed E-state index contributed by atoms with van der Waals surface area (Å²) in [5, 5.41) is 0.935. The molecule has 1 aliphatic carbocycles. The van der Waals surface area contributed by atoms with E-state index in [1.54, 1.807) is 24.3 Å². The van der Waals surface area contributed by atoms with E-state index in [2.05, 4.69) is 0 Å². The van der Waals surface area contributed by atoms with Gasteiger partial charge in [0.15, 0.2) is 0 Å². The van der Waals surface area contributed by atoms with Gasteiger partial charge in [0.05, 0.1) is 5.56 Å². The van der Waals surface area contributed by atoms with Gasteiger partial charge in [0.1, 0.15) is 11.3 Å². The van der Waals surface area contributed by atoms with Crippen molar-refractivity contribution in [2.45, 2.75) is 32.6 Å². The van der Waals surface area contributed by atoms with Crippen LogP contribution in [0.25, 0.3) is 11.0 Å². The Bertz CT molecular complexity index is 1010. The molecule has 1 aromatic heterocycles. The summed E-state index contributed by atoms with van der Waals surface area (Å²) in [5.41, 5.74) is 3.63. The van der Waals surface area contributed by atoms with Gasteiger partial charge in [-0.1, -0.05) is 17.7 Å². The molecule has 0 radical (unpaired) electrons. The van der Waals surface area contributed by atoms with Crippen molar-refractivity contribution in [1.82, 2.24) is 0 Å². The van der Waals surface area contributed by atoms with Crippen molar-refractivity contribution in [3.63, 3.8) is 0 Å². The molecular weight excluding hydrogens is 316 g/mol. The van der Waals surface area contributed by atoms with Gasteiger partial charge in [-0.15, -0.1) is 0 Å². The predicted molar refractivity (Wildman–Crippen MR) is 95.3 cm³/mol. The van der Waals surface area contributed by atoms with Crippen molar-refractivity contribution in [2.75, 3.05) is 0 Å². The summed E-state index contributed by atoms with van der Waals surface area (Å²) in [7, 11) is 0. The molecule has 126 valence electrons. The van der Waals surface area contributed by atoms with Gasteiger partial charge in [0.25, 0.3) is 0 Å². The highest BCUT2D eigenvalue weighted by Crippen LogP contribution is 2.29. The summed E-state index contributed by atoms with van der Waals surface area (Å²) < 4.78 is 10.9. The molecule has 0 saturated heterocycles. The highest BCUT2D eigenvalue weighted by atomic mass is 16.5. The summed E-state index contributed by atoms with van der Waals surface area (Å²) in [5.74, 6) is -0.0587. The number of esters is 1. The molecule has 2 aromatic carbocycles. The standard InChI is InChI=1S/C21H18O4/c1-13-6-8-14(9-7-13)20(22)24-15-10-11-17-16-4-2-3-5-18(16)21(23)25-19(17)12-15/h6-12H,2-5H2,1H3. The smallest absolute Gasteiger partial charge is 0.343 e. The van der Waals surface area contributed by atoms with E-state index in [-0.39, 0.29) is 5.63 Å². The van der Waals surface area contributed by atoms with Crippen LogP contribution in [0.4, 0.5) is 0 Å². The number of benzene rings is 2. The van der Waals surface area contributed by atoms with Gasteiger partial charge in [-0.3, -0.25) is 0 Å². The van der Waals surface area contributed by atoms with Gasteiger partial charge >= 0.3 is 11.6 Å². The van der Waals surface area contributed by atoms with E-state index in [1.165, 1.54) is 0 Å². The molecule has 1 aliphatic rings. The van der Waals surface area contributed by atoms with Crippen LogP contribution in [0.3, 0.4) is 0 Å². The van der Waals surface area contributed by atoms with Crippen LogP contribution in [0.15, 0.2) is 51.7 Å². The Hall–Kier alpha value is -2.88. The second-order valence-electron chi connectivity index (χ2n) is 6.47. The third-order valence-electron chi connectivity index (χ3n) is 4.69. The molecule has 0 saturated carbocycles. The van der Waals surface area contributed by atoms with Crippen molar-refractivity contribution in [3.05, 3.63) is 75.1 Å². The van der Waals surface area contributed by atoms with Crippen LogP contribution in [0.5, 0.6) is 5.75 Å². The number of rotatable bonds is 2. The van der Waals surface area contributed by atoms with Crippen molar-refractivity contribution in [3.8, 4) is 5.75 Å². The quantitative estimate of drug-likeness (QED) is 0.400. The second-order valence-corrected chi connectivity index (χ2v) is 6.47. The third-order valence-corrected chi connectivity index (χ3v) is 4.69. The van der Waals surface area contributed by atoms with Crippen molar-refractivity contribution in [1.29, 1.82) is 0 Å².